The minimum absolute atomic E-state index is 0.0490. The molecule has 0 unspecified atom stereocenters. The highest BCUT2D eigenvalue weighted by atomic mass is 35.5. The summed E-state index contributed by atoms with van der Waals surface area (Å²) in [6.07, 6.45) is -1.08. The summed E-state index contributed by atoms with van der Waals surface area (Å²) in [5.74, 6) is -2.99. The number of halogens is 1. The summed E-state index contributed by atoms with van der Waals surface area (Å²) >= 11 is 5.95. The van der Waals surface area contributed by atoms with Crippen LogP contribution in [0.5, 0.6) is 0 Å². The van der Waals surface area contributed by atoms with Gasteiger partial charge in [0.1, 0.15) is 5.92 Å². The molecule has 7 nitrogen and oxygen atoms in total. The van der Waals surface area contributed by atoms with Crippen molar-refractivity contribution in [2.75, 3.05) is 9.96 Å². The van der Waals surface area contributed by atoms with E-state index in [1.807, 2.05) is 6.07 Å². The van der Waals surface area contributed by atoms with Gasteiger partial charge in [0, 0.05) is 5.02 Å². The van der Waals surface area contributed by atoms with E-state index in [2.05, 4.69) is 0 Å². The molecule has 32 heavy (non-hydrogen) atoms. The molecule has 0 saturated carbocycles. The smallest absolute Gasteiger partial charge is 0.336 e. The van der Waals surface area contributed by atoms with Crippen molar-refractivity contribution < 1.29 is 24.3 Å². The van der Waals surface area contributed by atoms with Gasteiger partial charge in [-0.1, -0.05) is 48.0 Å². The van der Waals surface area contributed by atoms with Crippen LogP contribution in [0.15, 0.2) is 78.9 Å². The first-order valence-corrected chi connectivity index (χ1v) is 10.3. The number of imide groups is 1. The molecule has 2 fully saturated rings. The normalized spacial score (nSPS) is 22.3. The fraction of sp³-hybridized carbons (Fsp3) is 0.125. The zero-order valence-electron chi connectivity index (χ0n) is 16.6. The Bertz CT molecular complexity index is 1210. The van der Waals surface area contributed by atoms with Crippen LogP contribution in [0.1, 0.15) is 22.0 Å². The van der Waals surface area contributed by atoms with Gasteiger partial charge < -0.3 is 5.11 Å². The number of carboxylic acids is 1. The highest BCUT2D eigenvalue weighted by molar-refractivity contribution is 6.31. The number of carboxylic acid groups (broad SMARTS) is 1. The SMILES string of the molecule is O=C(O)c1ccccc1[C@H]1[C@H]2C(=O)N(c3ccc(Cl)cc3)C(=O)[C@@H]2ON1c1ccccc1. The summed E-state index contributed by atoms with van der Waals surface area (Å²) in [6, 6.07) is 21.0. The van der Waals surface area contributed by atoms with E-state index in [0.717, 1.165) is 4.90 Å². The minimum Gasteiger partial charge on any atom is -0.478 e. The van der Waals surface area contributed by atoms with Crippen LogP contribution in [0, 0.1) is 5.92 Å². The summed E-state index contributed by atoms with van der Waals surface area (Å²) in [4.78, 5) is 45.9. The molecule has 8 heteroatoms. The van der Waals surface area contributed by atoms with Crippen molar-refractivity contribution in [1.82, 2.24) is 0 Å². The first kappa shape index (κ1) is 20.2. The number of hydrogen-bond acceptors (Lipinski definition) is 5. The number of benzene rings is 3. The van der Waals surface area contributed by atoms with E-state index in [9.17, 15) is 19.5 Å². The number of aromatic carboxylic acids is 1. The van der Waals surface area contributed by atoms with E-state index < -0.39 is 35.8 Å². The van der Waals surface area contributed by atoms with Crippen molar-refractivity contribution in [3.8, 4) is 0 Å². The summed E-state index contributed by atoms with van der Waals surface area (Å²) < 4.78 is 0. The van der Waals surface area contributed by atoms with Crippen molar-refractivity contribution in [1.29, 1.82) is 0 Å². The molecule has 0 bridgehead atoms. The molecule has 2 amide bonds. The Balaban J connectivity index is 1.63. The van der Waals surface area contributed by atoms with Crippen LogP contribution in [0.2, 0.25) is 5.02 Å². The fourth-order valence-corrected chi connectivity index (χ4v) is 4.45. The third-order valence-corrected chi connectivity index (χ3v) is 5.97. The Morgan fingerprint density at radius 1 is 0.844 bits per heavy atom. The van der Waals surface area contributed by atoms with Crippen molar-refractivity contribution in [2.24, 2.45) is 5.92 Å². The molecule has 3 aromatic carbocycles. The maximum absolute atomic E-state index is 13.5. The standard InChI is InChI=1S/C24H17ClN2O5/c25-14-10-12-15(13-11-14)26-22(28)19-20(17-8-4-5-9-18(17)24(30)31)27(32-21(19)23(26)29)16-6-2-1-3-7-16/h1-13,19-21H,(H,30,31)/t19-,20+,21-/m1/s1. The number of carbonyl (C=O) groups excluding carboxylic acids is 2. The van der Waals surface area contributed by atoms with Gasteiger partial charge in [0.15, 0.2) is 6.10 Å². The largest absolute Gasteiger partial charge is 0.478 e. The number of hydroxylamine groups is 1. The third-order valence-electron chi connectivity index (χ3n) is 5.72. The second kappa shape index (κ2) is 7.78. The van der Waals surface area contributed by atoms with Gasteiger partial charge in [-0.25, -0.2) is 14.8 Å². The zero-order valence-corrected chi connectivity index (χ0v) is 17.3. The molecule has 2 heterocycles. The average molecular weight is 449 g/mol. The van der Waals surface area contributed by atoms with Gasteiger partial charge in [-0.05, 0) is 48.0 Å². The van der Waals surface area contributed by atoms with E-state index >= 15 is 0 Å². The first-order valence-electron chi connectivity index (χ1n) is 9.94. The van der Waals surface area contributed by atoms with Crippen molar-refractivity contribution in [3.63, 3.8) is 0 Å². The second-order valence-electron chi connectivity index (χ2n) is 7.54. The lowest BCUT2D eigenvalue weighted by molar-refractivity contribution is -0.126. The average Bonchev–Trinajstić information content (AvgIpc) is 3.31. The molecule has 3 atom stereocenters. The number of para-hydroxylation sites is 1. The Kier molecular flexibility index (Phi) is 4.92. The Morgan fingerprint density at radius 2 is 1.50 bits per heavy atom. The summed E-state index contributed by atoms with van der Waals surface area (Å²) in [7, 11) is 0. The van der Waals surface area contributed by atoms with E-state index in [1.54, 1.807) is 66.7 Å². The van der Waals surface area contributed by atoms with Crippen LogP contribution >= 0.6 is 11.6 Å². The summed E-state index contributed by atoms with van der Waals surface area (Å²) in [5.41, 5.74) is 1.45. The highest BCUT2D eigenvalue weighted by Gasteiger charge is 2.60. The van der Waals surface area contributed by atoms with Gasteiger partial charge in [-0.2, -0.15) is 0 Å². The number of hydrogen-bond donors (Lipinski definition) is 1. The lowest BCUT2D eigenvalue weighted by Gasteiger charge is -2.29. The van der Waals surface area contributed by atoms with Gasteiger partial charge in [0.25, 0.3) is 5.91 Å². The van der Waals surface area contributed by atoms with Gasteiger partial charge in [0.2, 0.25) is 5.91 Å². The Labute approximate surface area is 188 Å². The van der Waals surface area contributed by atoms with Crippen LogP contribution in [0.4, 0.5) is 11.4 Å². The van der Waals surface area contributed by atoms with Crippen molar-refractivity contribution >= 4 is 40.8 Å². The van der Waals surface area contributed by atoms with Crippen LogP contribution < -0.4 is 9.96 Å². The number of rotatable bonds is 4. The molecule has 0 spiro atoms. The van der Waals surface area contributed by atoms with E-state index in [0.29, 0.717) is 22.0 Å². The third kappa shape index (κ3) is 3.14. The molecular weight excluding hydrogens is 432 g/mol. The van der Waals surface area contributed by atoms with Crippen LogP contribution in [0.25, 0.3) is 0 Å². The second-order valence-corrected chi connectivity index (χ2v) is 7.98. The highest BCUT2D eigenvalue weighted by Crippen LogP contribution is 2.48. The first-order chi connectivity index (χ1) is 15.5. The molecule has 160 valence electrons. The van der Waals surface area contributed by atoms with Gasteiger partial charge >= 0.3 is 5.97 Å². The molecule has 2 aliphatic heterocycles. The molecule has 3 aromatic rings. The van der Waals surface area contributed by atoms with Gasteiger partial charge in [0.05, 0.1) is 23.0 Å². The molecule has 0 radical (unpaired) electrons. The lowest BCUT2D eigenvalue weighted by Crippen LogP contribution is -2.37. The van der Waals surface area contributed by atoms with E-state index in [1.165, 1.54) is 11.1 Å². The summed E-state index contributed by atoms with van der Waals surface area (Å²) in [5, 5.41) is 11.7. The topological polar surface area (TPSA) is 87.2 Å². The van der Waals surface area contributed by atoms with Crippen molar-refractivity contribution in [3.05, 3.63) is 95.0 Å². The van der Waals surface area contributed by atoms with Crippen LogP contribution in [-0.2, 0) is 14.4 Å². The predicted molar refractivity (Wildman–Crippen MR) is 117 cm³/mol. The van der Waals surface area contributed by atoms with Crippen LogP contribution in [0.3, 0.4) is 0 Å². The Morgan fingerprint density at radius 3 is 2.19 bits per heavy atom. The zero-order chi connectivity index (χ0) is 22.4. The number of carbonyl (C=O) groups is 3. The number of anilines is 2. The number of amides is 2. The molecule has 2 aliphatic rings. The lowest BCUT2D eigenvalue weighted by atomic mass is 9.88. The minimum atomic E-state index is -1.12. The molecular formula is C24H17ClN2O5. The number of nitrogens with zero attached hydrogens (tertiary/aromatic N) is 2. The molecule has 5 rings (SSSR count). The molecule has 0 aromatic heterocycles. The maximum Gasteiger partial charge on any atom is 0.336 e. The molecule has 0 aliphatic carbocycles. The predicted octanol–water partition coefficient (Wildman–Crippen LogP) is 4.09. The molecule has 2 saturated heterocycles. The molecule has 1 N–H and O–H groups in total. The van der Waals surface area contributed by atoms with Gasteiger partial charge in [-0.15, -0.1) is 0 Å². The number of fused-ring (bicyclic) bond motifs is 1. The van der Waals surface area contributed by atoms with Crippen LogP contribution in [-0.4, -0.2) is 29.0 Å². The monoisotopic (exact) mass is 448 g/mol. The fourth-order valence-electron chi connectivity index (χ4n) is 4.32. The van der Waals surface area contributed by atoms with Crippen molar-refractivity contribution in [2.45, 2.75) is 12.1 Å². The van der Waals surface area contributed by atoms with E-state index in [-0.39, 0.29) is 5.56 Å². The maximum atomic E-state index is 13.5. The Hall–Kier alpha value is -3.68. The summed E-state index contributed by atoms with van der Waals surface area (Å²) in [6.45, 7) is 0. The van der Waals surface area contributed by atoms with E-state index in [4.69, 9.17) is 16.4 Å². The van der Waals surface area contributed by atoms with Gasteiger partial charge in [-0.3, -0.25) is 14.4 Å². The quantitative estimate of drug-likeness (QED) is 0.605.